The molecular weight excluding hydrogens is 356 g/mol. The highest BCUT2D eigenvalue weighted by atomic mass is 16.5. The minimum absolute atomic E-state index is 0.219. The maximum Gasteiger partial charge on any atom is 0.338 e. The first-order valence-electron chi connectivity index (χ1n) is 9.08. The molecule has 0 bridgehead atoms. The van der Waals surface area contributed by atoms with Gasteiger partial charge in [0.15, 0.2) is 5.82 Å². The summed E-state index contributed by atoms with van der Waals surface area (Å²) in [4.78, 5) is 31.6. The van der Waals surface area contributed by atoms with Crippen molar-refractivity contribution in [3.63, 3.8) is 0 Å². The number of hydrogen-bond acceptors (Lipinski definition) is 5. The first-order valence-corrected chi connectivity index (χ1v) is 9.08. The van der Waals surface area contributed by atoms with E-state index in [2.05, 4.69) is 10.1 Å². The van der Waals surface area contributed by atoms with Crippen LogP contribution in [0.5, 0.6) is 0 Å². The summed E-state index contributed by atoms with van der Waals surface area (Å²) >= 11 is 0. The van der Waals surface area contributed by atoms with Crippen molar-refractivity contribution in [2.45, 2.75) is 19.5 Å². The molecule has 1 amide bonds. The number of amides is 1. The number of carbonyl (C=O) groups is 2. The lowest BCUT2D eigenvalue weighted by Crippen LogP contribution is -2.42. The zero-order valence-corrected chi connectivity index (χ0v) is 15.7. The Bertz CT molecular complexity index is 1030. The van der Waals surface area contributed by atoms with E-state index in [0.717, 1.165) is 11.4 Å². The van der Waals surface area contributed by atoms with Crippen LogP contribution in [0.15, 0.2) is 54.6 Å². The Balaban J connectivity index is 1.65. The van der Waals surface area contributed by atoms with E-state index in [-0.39, 0.29) is 17.5 Å². The number of benzene rings is 2. The fraction of sp³-hybridized carbons (Fsp3) is 0.238. The van der Waals surface area contributed by atoms with Crippen molar-refractivity contribution < 1.29 is 14.3 Å². The number of aromatic nitrogens is 3. The van der Waals surface area contributed by atoms with Gasteiger partial charge in [-0.05, 0) is 19.1 Å². The molecular formula is C21H20N4O3. The van der Waals surface area contributed by atoms with Gasteiger partial charge in [-0.15, -0.1) is 0 Å². The molecule has 1 aliphatic rings. The molecule has 0 saturated carbocycles. The van der Waals surface area contributed by atoms with E-state index in [9.17, 15) is 9.59 Å². The predicted molar refractivity (Wildman–Crippen MR) is 103 cm³/mol. The lowest BCUT2D eigenvalue weighted by molar-refractivity contribution is 0.0570. The zero-order valence-electron chi connectivity index (χ0n) is 15.7. The summed E-state index contributed by atoms with van der Waals surface area (Å²) in [5.74, 6) is 0.632. The average Bonchev–Trinajstić information content (AvgIpc) is 3.19. The SMILES string of the molecule is COC(=O)c1ccccc1C(=O)N1CCn2nc(-c3ccccc3)nc2[C@@H]1C. The number of esters is 1. The topological polar surface area (TPSA) is 77.3 Å². The van der Waals surface area contributed by atoms with Gasteiger partial charge in [-0.1, -0.05) is 42.5 Å². The van der Waals surface area contributed by atoms with Crippen LogP contribution in [0.3, 0.4) is 0 Å². The summed E-state index contributed by atoms with van der Waals surface area (Å²) < 4.78 is 6.66. The summed E-state index contributed by atoms with van der Waals surface area (Å²) in [7, 11) is 1.31. The molecule has 0 spiro atoms. The van der Waals surface area contributed by atoms with Crippen LogP contribution in [0.25, 0.3) is 11.4 Å². The zero-order chi connectivity index (χ0) is 19.7. The molecule has 3 aromatic rings. The number of fused-ring (bicyclic) bond motifs is 1. The Hall–Kier alpha value is -3.48. The third-order valence-corrected chi connectivity index (χ3v) is 4.95. The van der Waals surface area contributed by atoms with Crippen LogP contribution < -0.4 is 0 Å². The Morgan fingerprint density at radius 2 is 1.68 bits per heavy atom. The Labute approximate surface area is 162 Å². The Kier molecular flexibility index (Phi) is 4.65. The number of rotatable bonds is 3. The van der Waals surface area contributed by atoms with Gasteiger partial charge in [0, 0.05) is 12.1 Å². The molecule has 0 saturated heterocycles. The van der Waals surface area contributed by atoms with Crippen molar-refractivity contribution in [2.24, 2.45) is 0 Å². The molecule has 0 radical (unpaired) electrons. The number of methoxy groups -OCH3 is 1. The minimum atomic E-state index is -0.525. The van der Waals surface area contributed by atoms with Crippen LogP contribution in [-0.2, 0) is 11.3 Å². The average molecular weight is 376 g/mol. The second-order valence-electron chi connectivity index (χ2n) is 6.59. The van der Waals surface area contributed by atoms with E-state index in [1.54, 1.807) is 29.2 Å². The fourth-order valence-electron chi connectivity index (χ4n) is 3.46. The second kappa shape index (κ2) is 7.26. The second-order valence-corrected chi connectivity index (χ2v) is 6.59. The van der Waals surface area contributed by atoms with E-state index in [0.29, 0.717) is 24.5 Å². The number of hydrogen-bond donors (Lipinski definition) is 0. The molecule has 0 unspecified atom stereocenters. The lowest BCUT2D eigenvalue weighted by Gasteiger charge is -2.33. The fourth-order valence-corrected chi connectivity index (χ4v) is 3.46. The van der Waals surface area contributed by atoms with Crippen molar-refractivity contribution in [3.8, 4) is 11.4 Å². The summed E-state index contributed by atoms with van der Waals surface area (Å²) in [6, 6.07) is 16.2. The third-order valence-electron chi connectivity index (χ3n) is 4.95. The monoisotopic (exact) mass is 376 g/mol. The Morgan fingerprint density at radius 1 is 1.00 bits per heavy atom. The van der Waals surface area contributed by atoms with Crippen molar-refractivity contribution in [1.29, 1.82) is 0 Å². The van der Waals surface area contributed by atoms with Gasteiger partial charge in [-0.25, -0.2) is 14.5 Å². The lowest BCUT2D eigenvalue weighted by atomic mass is 10.0. The minimum Gasteiger partial charge on any atom is -0.465 e. The van der Waals surface area contributed by atoms with Gasteiger partial charge in [0.05, 0.1) is 30.8 Å². The van der Waals surface area contributed by atoms with Gasteiger partial charge in [0.25, 0.3) is 5.91 Å². The van der Waals surface area contributed by atoms with Gasteiger partial charge in [0.1, 0.15) is 5.82 Å². The van der Waals surface area contributed by atoms with E-state index in [4.69, 9.17) is 4.74 Å². The molecule has 1 aromatic heterocycles. The molecule has 7 nitrogen and oxygen atoms in total. The van der Waals surface area contributed by atoms with Gasteiger partial charge < -0.3 is 9.64 Å². The molecule has 0 fully saturated rings. The van der Waals surface area contributed by atoms with Crippen LogP contribution in [-0.4, -0.2) is 45.2 Å². The van der Waals surface area contributed by atoms with E-state index >= 15 is 0 Å². The van der Waals surface area contributed by atoms with E-state index in [1.807, 2.05) is 41.9 Å². The number of ether oxygens (including phenoxy) is 1. The van der Waals surface area contributed by atoms with Crippen LogP contribution in [0.4, 0.5) is 0 Å². The standard InChI is InChI=1S/C21H20N4O3/c1-14-19-22-18(15-8-4-3-5-9-15)23-25(19)13-12-24(14)20(26)16-10-6-7-11-17(16)21(27)28-2/h3-11,14H,12-13H2,1-2H3/t14-/m0/s1. The molecule has 4 rings (SSSR count). The summed E-state index contributed by atoms with van der Waals surface area (Å²) in [6.45, 7) is 2.96. The maximum atomic E-state index is 13.2. The molecule has 142 valence electrons. The Morgan fingerprint density at radius 3 is 2.39 bits per heavy atom. The molecule has 28 heavy (non-hydrogen) atoms. The van der Waals surface area contributed by atoms with Gasteiger partial charge in [0.2, 0.25) is 0 Å². The third kappa shape index (κ3) is 3.05. The van der Waals surface area contributed by atoms with Gasteiger partial charge in [-0.3, -0.25) is 4.79 Å². The molecule has 0 aliphatic carbocycles. The summed E-state index contributed by atoms with van der Waals surface area (Å²) in [6.07, 6.45) is 0. The van der Waals surface area contributed by atoms with Crippen molar-refractivity contribution >= 4 is 11.9 Å². The van der Waals surface area contributed by atoms with E-state index < -0.39 is 5.97 Å². The highest BCUT2D eigenvalue weighted by Gasteiger charge is 2.32. The number of nitrogens with zero attached hydrogens (tertiary/aromatic N) is 4. The van der Waals surface area contributed by atoms with E-state index in [1.165, 1.54) is 7.11 Å². The molecule has 2 aromatic carbocycles. The predicted octanol–water partition coefficient (Wildman–Crippen LogP) is 2.95. The number of carbonyl (C=O) groups excluding carboxylic acids is 2. The van der Waals surface area contributed by atoms with Gasteiger partial charge in [-0.2, -0.15) is 5.10 Å². The highest BCUT2D eigenvalue weighted by molar-refractivity contribution is 6.05. The molecule has 0 N–H and O–H groups in total. The summed E-state index contributed by atoms with van der Waals surface area (Å²) in [5, 5.41) is 4.59. The van der Waals surface area contributed by atoms with Crippen molar-refractivity contribution in [1.82, 2.24) is 19.7 Å². The van der Waals surface area contributed by atoms with Crippen LogP contribution in [0, 0.1) is 0 Å². The molecule has 1 aliphatic heterocycles. The molecule has 1 atom stereocenters. The van der Waals surface area contributed by atoms with Crippen molar-refractivity contribution in [3.05, 3.63) is 71.5 Å². The van der Waals surface area contributed by atoms with Crippen molar-refractivity contribution in [2.75, 3.05) is 13.7 Å². The van der Waals surface area contributed by atoms with Crippen LogP contribution >= 0.6 is 0 Å². The first kappa shape index (κ1) is 17.9. The maximum absolute atomic E-state index is 13.2. The van der Waals surface area contributed by atoms with Gasteiger partial charge >= 0.3 is 5.97 Å². The largest absolute Gasteiger partial charge is 0.465 e. The highest BCUT2D eigenvalue weighted by Crippen LogP contribution is 2.28. The summed E-state index contributed by atoms with van der Waals surface area (Å²) in [5.41, 5.74) is 1.53. The van der Waals surface area contributed by atoms with Crippen LogP contribution in [0.1, 0.15) is 39.5 Å². The molecule has 7 heteroatoms. The normalized spacial score (nSPS) is 15.8. The first-order chi connectivity index (χ1) is 13.6. The molecule has 2 heterocycles. The quantitative estimate of drug-likeness (QED) is 0.657. The van der Waals surface area contributed by atoms with Crippen LogP contribution in [0.2, 0.25) is 0 Å². The smallest absolute Gasteiger partial charge is 0.338 e.